The van der Waals surface area contributed by atoms with Crippen molar-refractivity contribution >= 4 is 0 Å². The van der Waals surface area contributed by atoms with Crippen LogP contribution in [0.25, 0.3) is 0 Å². The predicted octanol–water partition coefficient (Wildman–Crippen LogP) is 2.68. The molecule has 16 heavy (non-hydrogen) atoms. The van der Waals surface area contributed by atoms with E-state index in [1.807, 2.05) is 13.0 Å². The zero-order valence-corrected chi connectivity index (χ0v) is 10.5. The van der Waals surface area contributed by atoms with Gasteiger partial charge in [-0.05, 0) is 31.5 Å². The van der Waals surface area contributed by atoms with Crippen LogP contribution in [0.2, 0.25) is 0 Å². The van der Waals surface area contributed by atoms with Crippen molar-refractivity contribution in [3.63, 3.8) is 0 Å². The number of aryl methyl sites for hydroxylation is 1. The van der Waals surface area contributed by atoms with E-state index in [-0.39, 0.29) is 0 Å². The van der Waals surface area contributed by atoms with Gasteiger partial charge in [0.2, 0.25) is 5.88 Å². The van der Waals surface area contributed by atoms with E-state index in [0.717, 1.165) is 44.1 Å². The van der Waals surface area contributed by atoms with Crippen molar-refractivity contribution in [2.75, 3.05) is 13.2 Å². The fourth-order valence-electron chi connectivity index (χ4n) is 1.47. The van der Waals surface area contributed by atoms with E-state index in [0.29, 0.717) is 0 Å². The van der Waals surface area contributed by atoms with E-state index in [4.69, 9.17) is 4.74 Å². The van der Waals surface area contributed by atoms with Crippen LogP contribution in [0.15, 0.2) is 12.1 Å². The Morgan fingerprint density at radius 3 is 2.81 bits per heavy atom. The molecular formula is C13H22N2O. The normalized spacial score (nSPS) is 10.4. The Hall–Kier alpha value is -1.09. The summed E-state index contributed by atoms with van der Waals surface area (Å²) in [7, 11) is 0. The van der Waals surface area contributed by atoms with Crippen LogP contribution in [-0.4, -0.2) is 18.1 Å². The third-order valence-electron chi connectivity index (χ3n) is 2.32. The molecule has 1 rings (SSSR count). The molecule has 0 radical (unpaired) electrons. The summed E-state index contributed by atoms with van der Waals surface area (Å²) in [5.41, 5.74) is 2.25. The summed E-state index contributed by atoms with van der Waals surface area (Å²) in [5.74, 6) is 0.751. The molecule has 0 aromatic carbocycles. The monoisotopic (exact) mass is 222 g/mol. The third kappa shape index (κ3) is 4.62. The Kier molecular flexibility index (Phi) is 5.86. The van der Waals surface area contributed by atoms with Gasteiger partial charge >= 0.3 is 0 Å². The summed E-state index contributed by atoms with van der Waals surface area (Å²) in [6.07, 6.45) is 2.23. The maximum atomic E-state index is 5.61. The number of hydrogen-bond acceptors (Lipinski definition) is 3. The van der Waals surface area contributed by atoms with Gasteiger partial charge in [-0.1, -0.05) is 20.3 Å². The van der Waals surface area contributed by atoms with Gasteiger partial charge in [0, 0.05) is 18.3 Å². The second-order valence-electron chi connectivity index (χ2n) is 3.94. The molecule has 3 nitrogen and oxygen atoms in total. The molecule has 0 bridgehead atoms. The van der Waals surface area contributed by atoms with Gasteiger partial charge < -0.3 is 10.1 Å². The van der Waals surface area contributed by atoms with Crippen LogP contribution >= 0.6 is 0 Å². The van der Waals surface area contributed by atoms with E-state index >= 15 is 0 Å². The topological polar surface area (TPSA) is 34.1 Å². The van der Waals surface area contributed by atoms with Crippen molar-refractivity contribution < 1.29 is 4.74 Å². The van der Waals surface area contributed by atoms with Gasteiger partial charge in [0.05, 0.1) is 6.61 Å². The first kappa shape index (κ1) is 13.0. The molecule has 1 aromatic rings. The predicted molar refractivity (Wildman–Crippen MR) is 66.8 cm³/mol. The smallest absolute Gasteiger partial charge is 0.213 e. The first-order valence-electron chi connectivity index (χ1n) is 6.07. The molecule has 0 saturated heterocycles. The maximum Gasteiger partial charge on any atom is 0.213 e. The van der Waals surface area contributed by atoms with Gasteiger partial charge in [0.1, 0.15) is 0 Å². The molecule has 0 atom stereocenters. The molecule has 0 fully saturated rings. The fraction of sp³-hybridized carbons (Fsp3) is 0.615. The van der Waals surface area contributed by atoms with Crippen molar-refractivity contribution in [2.24, 2.45) is 0 Å². The second-order valence-corrected chi connectivity index (χ2v) is 3.94. The number of nitrogens with zero attached hydrogens (tertiary/aromatic N) is 1. The minimum Gasteiger partial charge on any atom is -0.478 e. The largest absolute Gasteiger partial charge is 0.478 e. The molecule has 1 aromatic heterocycles. The maximum absolute atomic E-state index is 5.61. The molecule has 0 spiro atoms. The molecule has 0 unspecified atom stereocenters. The highest BCUT2D eigenvalue weighted by Crippen LogP contribution is 2.12. The van der Waals surface area contributed by atoms with Gasteiger partial charge in [-0.3, -0.25) is 0 Å². The summed E-state index contributed by atoms with van der Waals surface area (Å²) in [5, 5.41) is 3.30. The van der Waals surface area contributed by atoms with Crippen molar-refractivity contribution in [1.82, 2.24) is 10.3 Å². The van der Waals surface area contributed by atoms with E-state index in [9.17, 15) is 0 Å². The van der Waals surface area contributed by atoms with Crippen LogP contribution in [0.4, 0.5) is 0 Å². The fourth-order valence-corrected chi connectivity index (χ4v) is 1.47. The molecule has 0 saturated carbocycles. The summed E-state index contributed by atoms with van der Waals surface area (Å²) in [4.78, 5) is 4.36. The average molecular weight is 222 g/mol. The summed E-state index contributed by atoms with van der Waals surface area (Å²) >= 11 is 0. The Bertz CT molecular complexity index is 313. The number of ether oxygens (including phenoxy) is 1. The van der Waals surface area contributed by atoms with Crippen LogP contribution in [0, 0.1) is 6.92 Å². The number of aromatic nitrogens is 1. The molecule has 3 heteroatoms. The SMILES string of the molecule is CCCCOc1cc(CNCC)cc(C)n1. The van der Waals surface area contributed by atoms with E-state index < -0.39 is 0 Å². The molecular weight excluding hydrogens is 200 g/mol. The number of unbranched alkanes of at least 4 members (excludes halogenated alkanes) is 1. The molecule has 0 aliphatic heterocycles. The molecule has 0 aliphatic carbocycles. The van der Waals surface area contributed by atoms with Crippen molar-refractivity contribution in [2.45, 2.75) is 40.2 Å². The summed E-state index contributed by atoms with van der Waals surface area (Å²) in [6, 6.07) is 4.11. The highest BCUT2D eigenvalue weighted by molar-refractivity contribution is 5.24. The van der Waals surface area contributed by atoms with Gasteiger partial charge in [-0.15, -0.1) is 0 Å². The lowest BCUT2D eigenvalue weighted by molar-refractivity contribution is 0.297. The van der Waals surface area contributed by atoms with Crippen LogP contribution in [0.1, 0.15) is 37.9 Å². The minimum atomic E-state index is 0.751. The lowest BCUT2D eigenvalue weighted by Gasteiger charge is -2.08. The Morgan fingerprint density at radius 2 is 2.12 bits per heavy atom. The average Bonchev–Trinajstić information content (AvgIpc) is 2.26. The third-order valence-corrected chi connectivity index (χ3v) is 2.32. The first-order chi connectivity index (χ1) is 7.76. The van der Waals surface area contributed by atoms with Crippen molar-refractivity contribution in [1.29, 1.82) is 0 Å². The zero-order chi connectivity index (χ0) is 11.8. The van der Waals surface area contributed by atoms with Gasteiger partial charge in [0.25, 0.3) is 0 Å². The van der Waals surface area contributed by atoms with E-state index in [1.54, 1.807) is 0 Å². The quantitative estimate of drug-likeness (QED) is 0.720. The molecule has 0 aliphatic rings. The Morgan fingerprint density at radius 1 is 1.31 bits per heavy atom. The van der Waals surface area contributed by atoms with Crippen LogP contribution in [-0.2, 0) is 6.54 Å². The highest BCUT2D eigenvalue weighted by Gasteiger charge is 2.00. The Labute approximate surface area is 98.2 Å². The highest BCUT2D eigenvalue weighted by atomic mass is 16.5. The Balaban J connectivity index is 2.58. The minimum absolute atomic E-state index is 0.751. The number of nitrogens with one attached hydrogen (secondary N) is 1. The summed E-state index contributed by atoms with van der Waals surface area (Å²) < 4.78 is 5.61. The standard InChI is InChI=1S/C13H22N2O/c1-4-6-7-16-13-9-12(10-14-5-2)8-11(3)15-13/h8-9,14H,4-7,10H2,1-3H3. The molecule has 1 N–H and O–H groups in total. The number of hydrogen-bond donors (Lipinski definition) is 1. The molecule has 90 valence electrons. The van der Waals surface area contributed by atoms with Crippen LogP contribution in [0.3, 0.4) is 0 Å². The van der Waals surface area contributed by atoms with Crippen LogP contribution < -0.4 is 10.1 Å². The number of pyridine rings is 1. The van der Waals surface area contributed by atoms with Gasteiger partial charge in [0.15, 0.2) is 0 Å². The van der Waals surface area contributed by atoms with Crippen LogP contribution in [0.5, 0.6) is 5.88 Å². The van der Waals surface area contributed by atoms with Gasteiger partial charge in [-0.25, -0.2) is 4.98 Å². The first-order valence-corrected chi connectivity index (χ1v) is 6.07. The number of rotatable bonds is 7. The van der Waals surface area contributed by atoms with E-state index in [1.165, 1.54) is 5.56 Å². The summed E-state index contributed by atoms with van der Waals surface area (Å²) in [6.45, 7) is 8.88. The second kappa shape index (κ2) is 7.23. The van der Waals surface area contributed by atoms with Crippen molar-refractivity contribution in [3.05, 3.63) is 23.4 Å². The van der Waals surface area contributed by atoms with Gasteiger partial charge in [-0.2, -0.15) is 0 Å². The van der Waals surface area contributed by atoms with E-state index in [2.05, 4.69) is 30.2 Å². The lowest BCUT2D eigenvalue weighted by atomic mass is 10.2. The lowest BCUT2D eigenvalue weighted by Crippen LogP contribution is -2.12. The molecule has 0 amide bonds. The zero-order valence-electron chi connectivity index (χ0n) is 10.5. The van der Waals surface area contributed by atoms with Crippen molar-refractivity contribution in [3.8, 4) is 5.88 Å². The molecule has 1 heterocycles.